The van der Waals surface area contributed by atoms with Crippen molar-refractivity contribution in [2.75, 3.05) is 6.54 Å². The van der Waals surface area contributed by atoms with Crippen molar-refractivity contribution in [3.05, 3.63) is 53.4 Å². The molecule has 5 heteroatoms. The second-order valence-electron chi connectivity index (χ2n) is 5.05. The predicted octanol–water partition coefficient (Wildman–Crippen LogP) is 2.45. The van der Waals surface area contributed by atoms with Gasteiger partial charge in [0.1, 0.15) is 12.4 Å². The minimum Gasteiger partial charge on any atom is -0.461 e. The molecule has 1 aromatic carbocycles. The van der Waals surface area contributed by atoms with E-state index >= 15 is 0 Å². The summed E-state index contributed by atoms with van der Waals surface area (Å²) in [4.78, 5) is 11.9. The second-order valence-corrected chi connectivity index (χ2v) is 5.05. The van der Waals surface area contributed by atoms with Gasteiger partial charge in [-0.15, -0.1) is 0 Å². The molecular formula is C16H20N2O3. The maximum absolute atomic E-state index is 11.9. The molecule has 0 radical (unpaired) electrons. The molecule has 1 aromatic heterocycles. The Labute approximate surface area is 124 Å². The van der Waals surface area contributed by atoms with Crippen LogP contribution < -0.4 is 5.32 Å². The van der Waals surface area contributed by atoms with Gasteiger partial charge in [-0.05, 0) is 12.5 Å². The number of hydrogen-bond acceptors (Lipinski definition) is 5. The first-order valence-electron chi connectivity index (χ1n) is 6.98. The molecule has 1 atom stereocenters. The van der Waals surface area contributed by atoms with E-state index in [0.29, 0.717) is 19.7 Å². The van der Waals surface area contributed by atoms with Gasteiger partial charge in [0, 0.05) is 19.2 Å². The number of aromatic nitrogens is 1. The standard InChI is InChI=1S/C16H20N2O3/c1-12(9-17-10-15-8-13(2)21-18-15)16(19)20-11-14-6-4-3-5-7-14/h3-8,12,17H,9-11H2,1-2H3. The lowest BCUT2D eigenvalue weighted by molar-refractivity contribution is -0.149. The van der Waals surface area contributed by atoms with Crippen LogP contribution in [0.1, 0.15) is 23.9 Å². The average molecular weight is 288 g/mol. The molecular weight excluding hydrogens is 268 g/mol. The zero-order valence-electron chi connectivity index (χ0n) is 12.3. The number of hydrogen-bond donors (Lipinski definition) is 1. The number of aryl methyl sites for hydroxylation is 1. The molecule has 5 nitrogen and oxygen atoms in total. The van der Waals surface area contributed by atoms with Crippen LogP contribution in [0.5, 0.6) is 0 Å². The number of benzene rings is 1. The van der Waals surface area contributed by atoms with Gasteiger partial charge in [0.2, 0.25) is 0 Å². The summed E-state index contributed by atoms with van der Waals surface area (Å²) >= 11 is 0. The van der Waals surface area contributed by atoms with Gasteiger partial charge in [0.15, 0.2) is 0 Å². The van der Waals surface area contributed by atoms with Crippen molar-refractivity contribution in [3.63, 3.8) is 0 Å². The van der Waals surface area contributed by atoms with E-state index < -0.39 is 0 Å². The van der Waals surface area contributed by atoms with Crippen LogP contribution in [-0.2, 0) is 22.7 Å². The fourth-order valence-electron chi connectivity index (χ4n) is 1.87. The molecule has 0 saturated heterocycles. The molecule has 0 bridgehead atoms. The lowest BCUT2D eigenvalue weighted by atomic mass is 10.2. The molecule has 1 unspecified atom stereocenters. The molecule has 112 valence electrons. The van der Waals surface area contributed by atoms with E-state index in [1.165, 1.54) is 0 Å². The zero-order chi connectivity index (χ0) is 15.1. The second kappa shape index (κ2) is 7.59. The molecule has 1 heterocycles. The average Bonchev–Trinajstić information content (AvgIpc) is 2.91. The predicted molar refractivity (Wildman–Crippen MR) is 78.3 cm³/mol. The summed E-state index contributed by atoms with van der Waals surface area (Å²) in [6, 6.07) is 11.5. The quantitative estimate of drug-likeness (QED) is 0.793. The summed E-state index contributed by atoms with van der Waals surface area (Å²) < 4.78 is 10.3. The summed E-state index contributed by atoms with van der Waals surface area (Å²) in [7, 11) is 0. The van der Waals surface area contributed by atoms with E-state index in [0.717, 1.165) is 17.0 Å². The third kappa shape index (κ3) is 5.04. The maximum Gasteiger partial charge on any atom is 0.310 e. The Kier molecular flexibility index (Phi) is 5.51. The van der Waals surface area contributed by atoms with Crippen molar-refractivity contribution < 1.29 is 14.1 Å². The molecule has 2 aromatic rings. The van der Waals surface area contributed by atoms with E-state index in [1.54, 1.807) is 0 Å². The van der Waals surface area contributed by atoms with Crippen LogP contribution in [0.2, 0.25) is 0 Å². The Morgan fingerprint density at radius 1 is 1.38 bits per heavy atom. The van der Waals surface area contributed by atoms with Gasteiger partial charge < -0.3 is 14.6 Å². The molecule has 0 amide bonds. The molecule has 1 N–H and O–H groups in total. The molecule has 0 spiro atoms. The highest BCUT2D eigenvalue weighted by Crippen LogP contribution is 2.05. The first kappa shape index (κ1) is 15.3. The van der Waals surface area contributed by atoms with Crippen LogP contribution in [-0.4, -0.2) is 17.7 Å². The van der Waals surface area contributed by atoms with E-state index in [4.69, 9.17) is 9.26 Å². The number of esters is 1. The van der Waals surface area contributed by atoms with Gasteiger partial charge in [-0.25, -0.2) is 0 Å². The van der Waals surface area contributed by atoms with Gasteiger partial charge >= 0.3 is 5.97 Å². The normalized spacial score (nSPS) is 12.1. The molecule has 2 rings (SSSR count). The first-order valence-corrected chi connectivity index (χ1v) is 6.98. The lowest BCUT2D eigenvalue weighted by Crippen LogP contribution is -2.27. The van der Waals surface area contributed by atoms with Crippen LogP contribution in [0.4, 0.5) is 0 Å². The fourth-order valence-corrected chi connectivity index (χ4v) is 1.87. The van der Waals surface area contributed by atoms with E-state index in [-0.39, 0.29) is 11.9 Å². The fraction of sp³-hybridized carbons (Fsp3) is 0.375. The van der Waals surface area contributed by atoms with Crippen LogP contribution >= 0.6 is 0 Å². The minimum atomic E-state index is -0.207. The van der Waals surface area contributed by atoms with Gasteiger partial charge in [-0.3, -0.25) is 4.79 Å². The summed E-state index contributed by atoms with van der Waals surface area (Å²) in [5.74, 6) is 0.367. The molecule has 0 aliphatic heterocycles. The number of nitrogens with one attached hydrogen (secondary N) is 1. The smallest absolute Gasteiger partial charge is 0.310 e. The molecule has 0 saturated carbocycles. The summed E-state index contributed by atoms with van der Waals surface area (Å²) in [6.07, 6.45) is 0. The molecule has 0 aliphatic carbocycles. The molecule has 21 heavy (non-hydrogen) atoms. The Morgan fingerprint density at radius 2 is 2.14 bits per heavy atom. The Hall–Kier alpha value is -2.14. The van der Waals surface area contributed by atoms with Gasteiger partial charge in [0.25, 0.3) is 0 Å². The maximum atomic E-state index is 11.9. The highest BCUT2D eigenvalue weighted by molar-refractivity contribution is 5.72. The van der Waals surface area contributed by atoms with Crippen molar-refractivity contribution >= 4 is 5.97 Å². The van der Waals surface area contributed by atoms with Gasteiger partial charge in [-0.1, -0.05) is 42.4 Å². The lowest BCUT2D eigenvalue weighted by Gasteiger charge is -2.12. The monoisotopic (exact) mass is 288 g/mol. The van der Waals surface area contributed by atoms with Crippen molar-refractivity contribution in [1.29, 1.82) is 0 Å². The Balaban J connectivity index is 1.67. The summed E-state index contributed by atoms with van der Waals surface area (Å²) in [5, 5.41) is 7.05. The SMILES string of the molecule is Cc1cc(CNCC(C)C(=O)OCc2ccccc2)no1. The number of ether oxygens (including phenoxy) is 1. The minimum absolute atomic E-state index is 0.206. The van der Waals surface area contributed by atoms with Crippen molar-refractivity contribution in [3.8, 4) is 0 Å². The topological polar surface area (TPSA) is 64.4 Å². The first-order chi connectivity index (χ1) is 10.1. The molecule has 0 fully saturated rings. The number of carbonyl (C=O) groups is 1. The third-order valence-electron chi connectivity index (χ3n) is 3.06. The van der Waals surface area contributed by atoms with Crippen LogP contribution in [0.15, 0.2) is 40.9 Å². The highest BCUT2D eigenvalue weighted by atomic mass is 16.5. The van der Waals surface area contributed by atoms with E-state index in [1.807, 2.05) is 50.2 Å². The Bertz CT molecular complexity index is 566. The van der Waals surface area contributed by atoms with Crippen LogP contribution in [0, 0.1) is 12.8 Å². The number of nitrogens with zero attached hydrogens (tertiary/aromatic N) is 1. The largest absolute Gasteiger partial charge is 0.461 e. The van der Waals surface area contributed by atoms with Crippen molar-refractivity contribution in [1.82, 2.24) is 10.5 Å². The zero-order valence-corrected chi connectivity index (χ0v) is 12.3. The van der Waals surface area contributed by atoms with E-state index in [2.05, 4.69) is 10.5 Å². The Morgan fingerprint density at radius 3 is 2.81 bits per heavy atom. The van der Waals surface area contributed by atoms with Crippen LogP contribution in [0.25, 0.3) is 0 Å². The highest BCUT2D eigenvalue weighted by Gasteiger charge is 2.14. The number of carbonyl (C=O) groups excluding carboxylic acids is 1. The summed E-state index contributed by atoms with van der Waals surface area (Å²) in [6.45, 7) is 5.12. The summed E-state index contributed by atoms with van der Waals surface area (Å²) in [5.41, 5.74) is 1.82. The van der Waals surface area contributed by atoms with Crippen molar-refractivity contribution in [2.24, 2.45) is 5.92 Å². The van der Waals surface area contributed by atoms with Crippen LogP contribution in [0.3, 0.4) is 0 Å². The van der Waals surface area contributed by atoms with Gasteiger partial charge in [-0.2, -0.15) is 0 Å². The van der Waals surface area contributed by atoms with Gasteiger partial charge in [0.05, 0.1) is 11.6 Å². The number of rotatable bonds is 7. The van der Waals surface area contributed by atoms with E-state index in [9.17, 15) is 4.79 Å². The molecule has 0 aliphatic rings. The third-order valence-corrected chi connectivity index (χ3v) is 3.06. The van der Waals surface area contributed by atoms with Crippen molar-refractivity contribution in [2.45, 2.75) is 27.0 Å².